The molecule has 2 atom stereocenters. The van der Waals surface area contributed by atoms with Crippen molar-refractivity contribution in [2.24, 2.45) is 0 Å². The van der Waals surface area contributed by atoms with E-state index < -0.39 is 0 Å². The maximum absolute atomic E-state index is 6.44. The molecule has 0 saturated heterocycles. The summed E-state index contributed by atoms with van der Waals surface area (Å²) < 4.78 is 0. The molecule has 1 saturated carbocycles. The van der Waals surface area contributed by atoms with Crippen molar-refractivity contribution >= 4 is 34.8 Å². The average molecular weight is 278 g/mol. The standard InChI is InChI=1S/C13H15Cl3/c14-11-7-3-1-2-5-9(11)10-6-4-8-12(15)13(10)16/h4,6,8-9,11H,1-3,5,7H2. The van der Waals surface area contributed by atoms with Gasteiger partial charge in [-0.1, -0.05) is 54.6 Å². The van der Waals surface area contributed by atoms with Crippen molar-refractivity contribution in [1.29, 1.82) is 0 Å². The summed E-state index contributed by atoms with van der Waals surface area (Å²) >= 11 is 18.7. The zero-order valence-electron chi connectivity index (χ0n) is 9.06. The van der Waals surface area contributed by atoms with Crippen LogP contribution in [0.3, 0.4) is 0 Å². The smallest absolute Gasteiger partial charge is 0.0627 e. The lowest BCUT2D eigenvalue weighted by molar-refractivity contribution is 0.600. The molecule has 0 bridgehead atoms. The summed E-state index contributed by atoms with van der Waals surface area (Å²) in [5, 5.41) is 1.51. The second-order valence-corrected chi connectivity index (χ2v) is 5.75. The van der Waals surface area contributed by atoms with Gasteiger partial charge >= 0.3 is 0 Å². The second-order valence-electron chi connectivity index (χ2n) is 4.40. The van der Waals surface area contributed by atoms with Gasteiger partial charge in [0.2, 0.25) is 0 Å². The first-order valence-corrected chi connectivity index (χ1v) is 6.97. The van der Waals surface area contributed by atoms with Crippen LogP contribution in [-0.2, 0) is 0 Å². The summed E-state index contributed by atoms with van der Waals surface area (Å²) in [5.74, 6) is 0.357. The predicted octanol–water partition coefficient (Wildman–Crippen LogP) is 5.65. The van der Waals surface area contributed by atoms with Crippen LogP contribution < -0.4 is 0 Å². The predicted molar refractivity (Wildman–Crippen MR) is 71.9 cm³/mol. The monoisotopic (exact) mass is 276 g/mol. The largest absolute Gasteiger partial charge is 0.122 e. The van der Waals surface area contributed by atoms with Gasteiger partial charge in [-0.2, -0.15) is 0 Å². The molecular formula is C13H15Cl3. The van der Waals surface area contributed by atoms with E-state index in [9.17, 15) is 0 Å². The van der Waals surface area contributed by atoms with Crippen molar-refractivity contribution in [2.45, 2.75) is 43.4 Å². The van der Waals surface area contributed by atoms with Gasteiger partial charge in [0.15, 0.2) is 0 Å². The first-order valence-electron chi connectivity index (χ1n) is 5.78. The van der Waals surface area contributed by atoms with Crippen LogP contribution in [0.15, 0.2) is 18.2 Å². The van der Waals surface area contributed by atoms with Gasteiger partial charge < -0.3 is 0 Å². The summed E-state index contributed by atoms with van der Waals surface area (Å²) in [6, 6.07) is 5.84. The fraction of sp³-hybridized carbons (Fsp3) is 0.538. The molecule has 88 valence electrons. The van der Waals surface area contributed by atoms with Gasteiger partial charge in [-0.15, -0.1) is 11.6 Å². The van der Waals surface area contributed by atoms with E-state index >= 15 is 0 Å². The number of alkyl halides is 1. The van der Waals surface area contributed by atoms with E-state index in [0.29, 0.717) is 16.0 Å². The van der Waals surface area contributed by atoms with E-state index in [1.165, 1.54) is 19.3 Å². The van der Waals surface area contributed by atoms with E-state index in [0.717, 1.165) is 18.4 Å². The van der Waals surface area contributed by atoms with Crippen LogP contribution in [0.2, 0.25) is 10.0 Å². The van der Waals surface area contributed by atoms with Crippen molar-refractivity contribution in [1.82, 2.24) is 0 Å². The molecular weight excluding hydrogens is 263 g/mol. The minimum atomic E-state index is 0.193. The molecule has 2 unspecified atom stereocenters. The Labute approximate surface area is 112 Å². The van der Waals surface area contributed by atoms with Gasteiger partial charge in [-0.3, -0.25) is 0 Å². The van der Waals surface area contributed by atoms with Crippen LogP contribution in [0.4, 0.5) is 0 Å². The maximum atomic E-state index is 6.44. The van der Waals surface area contributed by atoms with E-state index in [2.05, 4.69) is 6.07 Å². The zero-order valence-corrected chi connectivity index (χ0v) is 11.3. The normalized spacial score (nSPS) is 26.4. The van der Waals surface area contributed by atoms with Crippen molar-refractivity contribution < 1.29 is 0 Å². The fourth-order valence-corrected chi connectivity index (χ4v) is 3.28. The Bertz CT molecular complexity index is 362. The molecule has 1 fully saturated rings. The minimum absolute atomic E-state index is 0.193. The summed E-state index contributed by atoms with van der Waals surface area (Å²) in [4.78, 5) is 0. The third-order valence-electron chi connectivity index (χ3n) is 3.31. The molecule has 3 heteroatoms. The number of benzene rings is 1. The molecule has 1 aromatic carbocycles. The highest BCUT2D eigenvalue weighted by Crippen LogP contribution is 2.40. The molecule has 0 heterocycles. The Kier molecular flexibility index (Phi) is 4.41. The molecule has 2 rings (SSSR count). The van der Waals surface area contributed by atoms with Gasteiger partial charge in [0.05, 0.1) is 10.0 Å². The third kappa shape index (κ3) is 2.67. The molecule has 0 spiro atoms. The molecule has 0 aromatic heterocycles. The number of hydrogen-bond acceptors (Lipinski definition) is 0. The number of hydrogen-bond donors (Lipinski definition) is 0. The Hall–Kier alpha value is 0.0900. The molecule has 1 aliphatic carbocycles. The van der Waals surface area contributed by atoms with Crippen molar-refractivity contribution in [3.63, 3.8) is 0 Å². The Morgan fingerprint density at radius 1 is 1.00 bits per heavy atom. The second kappa shape index (κ2) is 5.62. The van der Waals surface area contributed by atoms with Crippen LogP contribution >= 0.6 is 34.8 Å². The molecule has 0 N–H and O–H groups in total. The molecule has 0 radical (unpaired) electrons. The summed E-state index contributed by atoms with van der Waals surface area (Å²) in [5.41, 5.74) is 1.12. The van der Waals surface area contributed by atoms with Crippen LogP contribution in [0, 0.1) is 0 Å². The Morgan fingerprint density at radius 2 is 1.75 bits per heavy atom. The van der Waals surface area contributed by atoms with Crippen LogP contribution in [0.5, 0.6) is 0 Å². The lowest BCUT2D eigenvalue weighted by Crippen LogP contribution is -2.11. The molecule has 1 aliphatic rings. The van der Waals surface area contributed by atoms with E-state index in [-0.39, 0.29) is 5.38 Å². The highest BCUT2D eigenvalue weighted by Gasteiger charge is 2.25. The first-order chi connectivity index (χ1) is 7.70. The third-order valence-corrected chi connectivity index (χ3v) is 4.67. The zero-order chi connectivity index (χ0) is 11.5. The van der Waals surface area contributed by atoms with Crippen molar-refractivity contribution in [3.8, 4) is 0 Å². The van der Waals surface area contributed by atoms with Crippen LogP contribution in [-0.4, -0.2) is 5.38 Å². The van der Waals surface area contributed by atoms with Crippen molar-refractivity contribution in [2.75, 3.05) is 0 Å². The van der Waals surface area contributed by atoms with Gasteiger partial charge in [-0.05, 0) is 24.5 Å². The van der Waals surface area contributed by atoms with Gasteiger partial charge in [0, 0.05) is 11.3 Å². The Balaban J connectivity index is 2.30. The summed E-state index contributed by atoms with van der Waals surface area (Å²) in [7, 11) is 0. The topological polar surface area (TPSA) is 0 Å². The summed E-state index contributed by atoms with van der Waals surface area (Å²) in [6.07, 6.45) is 5.93. The lowest BCUT2D eigenvalue weighted by atomic mass is 9.91. The lowest BCUT2D eigenvalue weighted by Gasteiger charge is -2.21. The quantitative estimate of drug-likeness (QED) is 0.460. The molecule has 0 amide bonds. The average Bonchev–Trinajstić information content (AvgIpc) is 2.47. The summed E-state index contributed by atoms with van der Waals surface area (Å²) in [6.45, 7) is 0. The fourth-order valence-electron chi connectivity index (χ4n) is 2.42. The molecule has 1 aromatic rings. The molecule has 0 nitrogen and oxygen atoms in total. The highest BCUT2D eigenvalue weighted by atomic mass is 35.5. The maximum Gasteiger partial charge on any atom is 0.0627 e. The van der Waals surface area contributed by atoms with Gasteiger partial charge in [0.1, 0.15) is 0 Å². The minimum Gasteiger partial charge on any atom is -0.122 e. The number of rotatable bonds is 1. The van der Waals surface area contributed by atoms with Gasteiger partial charge in [-0.25, -0.2) is 0 Å². The highest BCUT2D eigenvalue weighted by molar-refractivity contribution is 6.42. The van der Waals surface area contributed by atoms with Crippen LogP contribution in [0.1, 0.15) is 43.6 Å². The number of halogens is 3. The SMILES string of the molecule is Clc1cccc(C2CCCCCC2Cl)c1Cl. The Morgan fingerprint density at radius 3 is 2.56 bits per heavy atom. The van der Waals surface area contributed by atoms with Crippen molar-refractivity contribution in [3.05, 3.63) is 33.8 Å². The molecule has 0 aliphatic heterocycles. The molecule has 16 heavy (non-hydrogen) atoms. The van der Waals surface area contributed by atoms with E-state index in [1.807, 2.05) is 12.1 Å². The van der Waals surface area contributed by atoms with Crippen LogP contribution in [0.25, 0.3) is 0 Å². The van der Waals surface area contributed by atoms with Gasteiger partial charge in [0.25, 0.3) is 0 Å². The first kappa shape index (κ1) is 12.5. The van der Waals surface area contributed by atoms with E-state index in [4.69, 9.17) is 34.8 Å². The van der Waals surface area contributed by atoms with E-state index in [1.54, 1.807) is 0 Å².